The summed E-state index contributed by atoms with van der Waals surface area (Å²) < 4.78 is 5.03. The predicted octanol–water partition coefficient (Wildman–Crippen LogP) is 1.81. The van der Waals surface area contributed by atoms with Crippen molar-refractivity contribution < 1.29 is 14.6 Å². The predicted molar refractivity (Wildman–Crippen MR) is 61.3 cm³/mol. The molecule has 0 aliphatic rings. The highest BCUT2D eigenvalue weighted by molar-refractivity contribution is 5.69. The van der Waals surface area contributed by atoms with Crippen LogP contribution < -0.4 is 10.5 Å². The lowest BCUT2D eigenvalue weighted by Gasteiger charge is -2.14. The van der Waals surface area contributed by atoms with Crippen molar-refractivity contribution >= 4 is 5.97 Å². The van der Waals surface area contributed by atoms with Gasteiger partial charge < -0.3 is 15.6 Å². The largest absolute Gasteiger partial charge is 0.497 e. The zero-order valence-corrected chi connectivity index (χ0v) is 9.51. The molecule has 88 valence electrons. The summed E-state index contributed by atoms with van der Waals surface area (Å²) in [6, 6.07) is 7.11. The Morgan fingerprint density at radius 2 is 2.00 bits per heavy atom. The lowest BCUT2D eigenvalue weighted by atomic mass is 9.97. The summed E-state index contributed by atoms with van der Waals surface area (Å²) in [6.07, 6.45) is 0.432. The summed E-state index contributed by atoms with van der Waals surface area (Å²) in [4.78, 5) is 10.7. The minimum Gasteiger partial charge on any atom is -0.497 e. The molecule has 0 bridgehead atoms. The number of methoxy groups -OCH3 is 1. The molecule has 1 rings (SSSR count). The van der Waals surface area contributed by atoms with Gasteiger partial charge in [0.05, 0.1) is 13.0 Å². The second-order valence-corrected chi connectivity index (χ2v) is 3.85. The van der Waals surface area contributed by atoms with E-state index >= 15 is 0 Å². The zero-order chi connectivity index (χ0) is 12.1. The lowest BCUT2D eigenvalue weighted by Crippen LogP contribution is -2.19. The van der Waals surface area contributed by atoms with Crippen LogP contribution in [0.4, 0.5) is 0 Å². The fourth-order valence-corrected chi connectivity index (χ4v) is 1.47. The van der Waals surface area contributed by atoms with E-state index in [1.165, 1.54) is 0 Å². The topological polar surface area (TPSA) is 72.5 Å². The first-order valence-electron chi connectivity index (χ1n) is 5.17. The summed E-state index contributed by atoms with van der Waals surface area (Å²) in [7, 11) is 1.60. The Balaban J connectivity index is 2.65. The maximum absolute atomic E-state index is 10.7. The molecule has 3 N–H and O–H groups in total. The van der Waals surface area contributed by atoms with Gasteiger partial charge in [0.15, 0.2) is 0 Å². The Hall–Kier alpha value is -1.55. The smallest absolute Gasteiger partial charge is 0.306 e. The van der Waals surface area contributed by atoms with E-state index in [4.69, 9.17) is 15.6 Å². The van der Waals surface area contributed by atoms with Crippen LogP contribution in [0.3, 0.4) is 0 Å². The molecule has 0 radical (unpaired) electrons. The van der Waals surface area contributed by atoms with Crippen molar-refractivity contribution in [3.8, 4) is 5.75 Å². The minimum atomic E-state index is -0.816. The van der Waals surface area contributed by atoms with Crippen molar-refractivity contribution in [2.45, 2.75) is 19.4 Å². The van der Waals surface area contributed by atoms with Crippen LogP contribution in [0.15, 0.2) is 24.3 Å². The molecule has 2 atom stereocenters. The lowest BCUT2D eigenvalue weighted by molar-refractivity contribution is -0.141. The SMILES string of the molecule is COc1ccc(C(N)CC(C)C(=O)O)cc1. The van der Waals surface area contributed by atoms with Gasteiger partial charge in [0.1, 0.15) is 5.75 Å². The molecular weight excluding hydrogens is 206 g/mol. The fraction of sp³-hybridized carbons (Fsp3) is 0.417. The van der Waals surface area contributed by atoms with Crippen molar-refractivity contribution in [2.24, 2.45) is 11.7 Å². The van der Waals surface area contributed by atoms with Gasteiger partial charge in [-0.25, -0.2) is 0 Å². The normalized spacial score (nSPS) is 14.2. The Bertz CT molecular complexity index is 348. The van der Waals surface area contributed by atoms with Crippen LogP contribution in [0.2, 0.25) is 0 Å². The van der Waals surface area contributed by atoms with Gasteiger partial charge in [-0.05, 0) is 24.1 Å². The third-order valence-electron chi connectivity index (χ3n) is 2.57. The highest BCUT2D eigenvalue weighted by atomic mass is 16.5. The maximum atomic E-state index is 10.7. The summed E-state index contributed by atoms with van der Waals surface area (Å²) >= 11 is 0. The zero-order valence-electron chi connectivity index (χ0n) is 9.51. The van der Waals surface area contributed by atoms with Crippen molar-refractivity contribution in [1.82, 2.24) is 0 Å². The number of benzene rings is 1. The summed E-state index contributed by atoms with van der Waals surface area (Å²) in [5.41, 5.74) is 6.85. The second kappa shape index (κ2) is 5.51. The van der Waals surface area contributed by atoms with Gasteiger partial charge in [0.25, 0.3) is 0 Å². The standard InChI is InChI=1S/C12H17NO3/c1-8(12(14)15)7-11(13)9-3-5-10(16-2)6-4-9/h3-6,8,11H,7,13H2,1-2H3,(H,14,15). The fourth-order valence-electron chi connectivity index (χ4n) is 1.47. The van der Waals surface area contributed by atoms with Gasteiger partial charge in [0.2, 0.25) is 0 Å². The quantitative estimate of drug-likeness (QED) is 0.798. The van der Waals surface area contributed by atoms with E-state index in [1.54, 1.807) is 14.0 Å². The van der Waals surface area contributed by atoms with Crippen LogP contribution in [-0.2, 0) is 4.79 Å². The van der Waals surface area contributed by atoms with Crippen LogP contribution in [0.5, 0.6) is 5.75 Å². The first-order chi connectivity index (χ1) is 7.54. The van der Waals surface area contributed by atoms with E-state index in [9.17, 15) is 4.79 Å². The number of hydrogen-bond acceptors (Lipinski definition) is 3. The number of nitrogens with two attached hydrogens (primary N) is 1. The van der Waals surface area contributed by atoms with E-state index in [0.717, 1.165) is 11.3 Å². The minimum absolute atomic E-state index is 0.253. The molecule has 1 aromatic carbocycles. The first kappa shape index (κ1) is 12.5. The number of ether oxygens (including phenoxy) is 1. The Morgan fingerprint density at radius 3 is 2.44 bits per heavy atom. The Kier molecular flexibility index (Phi) is 4.31. The molecule has 0 heterocycles. The van der Waals surface area contributed by atoms with Crippen LogP contribution in [0, 0.1) is 5.92 Å². The van der Waals surface area contributed by atoms with Crippen molar-refractivity contribution in [3.05, 3.63) is 29.8 Å². The third kappa shape index (κ3) is 3.24. The van der Waals surface area contributed by atoms with Crippen LogP contribution in [-0.4, -0.2) is 18.2 Å². The average molecular weight is 223 g/mol. The first-order valence-corrected chi connectivity index (χ1v) is 5.17. The van der Waals surface area contributed by atoms with Gasteiger partial charge >= 0.3 is 5.97 Å². The monoisotopic (exact) mass is 223 g/mol. The van der Waals surface area contributed by atoms with E-state index < -0.39 is 11.9 Å². The number of aliphatic carboxylic acids is 1. The highest BCUT2D eigenvalue weighted by Crippen LogP contribution is 2.21. The molecule has 0 saturated carbocycles. The molecule has 0 saturated heterocycles. The second-order valence-electron chi connectivity index (χ2n) is 3.85. The van der Waals surface area contributed by atoms with Crippen molar-refractivity contribution in [2.75, 3.05) is 7.11 Å². The summed E-state index contributed by atoms with van der Waals surface area (Å²) in [6.45, 7) is 1.66. The van der Waals surface area contributed by atoms with Gasteiger partial charge in [-0.15, -0.1) is 0 Å². The molecule has 2 unspecified atom stereocenters. The molecule has 4 heteroatoms. The van der Waals surface area contributed by atoms with Gasteiger partial charge in [0, 0.05) is 6.04 Å². The Morgan fingerprint density at radius 1 is 1.44 bits per heavy atom. The van der Waals surface area contributed by atoms with Crippen molar-refractivity contribution in [3.63, 3.8) is 0 Å². The third-order valence-corrected chi connectivity index (χ3v) is 2.57. The van der Waals surface area contributed by atoms with E-state index in [-0.39, 0.29) is 6.04 Å². The average Bonchev–Trinajstić information content (AvgIpc) is 2.28. The number of carboxylic acid groups (broad SMARTS) is 1. The number of carboxylic acids is 1. The maximum Gasteiger partial charge on any atom is 0.306 e. The molecule has 0 amide bonds. The van der Waals surface area contributed by atoms with Crippen LogP contribution in [0.25, 0.3) is 0 Å². The van der Waals surface area contributed by atoms with E-state index in [0.29, 0.717) is 6.42 Å². The summed E-state index contributed by atoms with van der Waals surface area (Å²) in [5, 5.41) is 8.78. The van der Waals surface area contributed by atoms with E-state index in [1.807, 2.05) is 24.3 Å². The Labute approximate surface area is 95.0 Å². The van der Waals surface area contributed by atoms with Crippen molar-refractivity contribution in [1.29, 1.82) is 0 Å². The number of hydrogen-bond donors (Lipinski definition) is 2. The molecule has 0 aliphatic carbocycles. The van der Waals surface area contributed by atoms with Crippen LogP contribution in [0.1, 0.15) is 24.9 Å². The van der Waals surface area contributed by atoms with Gasteiger partial charge in [-0.2, -0.15) is 0 Å². The summed E-state index contributed by atoms with van der Waals surface area (Å²) in [5.74, 6) is -0.483. The molecule has 0 aliphatic heterocycles. The highest BCUT2D eigenvalue weighted by Gasteiger charge is 2.16. The molecule has 0 fully saturated rings. The molecule has 1 aromatic rings. The van der Waals surface area contributed by atoms with Gasteiger partial charge in [-0.1, -0.05) is 19.1 Å². The molecule has 4 nitrogen and oxygen atoms in total. The molecule has 16 heavy (non-hydrogen) atoms. The number of carbonyl (C=O) groups is 1. The molecule has 0 aromatic heterocycles. The molecule has 0 spiro atoms. The number of rotatable bonds is 5. The van der Waals surface area contributed by atoms with Crippen LogP contribution >= 0.6 is 0 Å². The molecular formula is C12H17NO3. The van der Waals surface area contributed by atoms with Gasteiger partial charge in [-0.3, -0.25) is 4.79 Å². The van der Waals surface area contributed by atoms with E-state index in [2.05, 4.69) is 0 Å².